The molecule has 0 saturated carbocycles. The van der Waals surface area contributed by atoms with Gasteiger partial charge in [0.15, 0.2) is 0 Å². The first-order chi connectivity index (χ1) is 7.36. The topological polar surface area (TPSA) is 34.1 Å². The lowest BCUT2D eigenvalue weighted by atomic mass is 9.75. The number of hydrogen-bond donors (Lipinski definition) is 0. The largest absolute Gasteiger partial charge is 0.300 e. The fourth-order valence-electron chi connectivity index (χ4n) is 1.75. The lowest BCUT2D eigenvalue weighted by Gasteiger charge is -2.26. The first-order valence-electron chi connectivity index (χ1n) is 5.13. The zero-order chi connectivity index (χ0) is 12.3. The van der Waals surface area contributed by atoms with Crippen LogP contribution in [0.1, 0.15) is 32.8 Å². The molecular formula is C13H15ClO2. The highest BCUT2D eigenvalue weighted by atomic mass is 35.5. The van der Waals surface area contributed by atoms with Gasteiger partial charge >= 0.3 is 0 Å². The van der Waals surface area contributed by atoms with E-state index < -0.39 is 5.41 Å². The molecule has 0 bridgehead atoms. The number of hydrogen-bond acceptors (Lipinski definition) is 2. The van der Waals surface area contributed by atoms with Crippen LogP contribution >= 0.6 is 11.6 Å². The van der Waals surface area contributed by atoms with Gasteiger partial charge in [-0.2, -0.15) is 0 Å². The van der Waals surface area contributed by atoms with E-state index >= 15 is 0 Å². The van der Waals surface area contributed by atoms with Crippen LogP contribution < -0.4 is 0 Å². The van der Waals surface area contributed by atoms with Gasteiger partial charge in [0.05, 0.1) is 5.41 Å². The van der Waals surface area contributed by atoms with Crippen LogP contribution in [0.15, 0.2) is 24.3 Å². The van der Waals surface area contributed by atoms with Gasteiger partial charge in [0.1, 0.15) is 11.6 Å². The van der Waals surface area contributed by atoms with E-state index in [1.54, 1.807) is 31.2 Å². The Balaban J connectivity index is 3.16. The average molecular weight is 239 g/mol. The van der Waals surface area contributed by atoms with Gasteiger partial charge in [-0.05, 0) is 38.5 Å². The molecule has 0 N–H and O–H groups in total. The smallest absolute Gasteiger partial charge is 0.140 e. The van der Waals surface area contributed by atoms with Gasteiger partial charge in [-0.15, -0.1) is 0 Å². The first-order valence-corrected chi connectivity index (χ1v) is 5.50. The van der Waals surface area contributed by atoms with E-state index in [1.807, 2.05) is 0 Å². The molecule has 0 aliphatic carbocycles. The normalized spacial score (nSPS) is 14.2. The summed E-state index contributed by atoms with van der Waals surface area (Å²) in [6.07, 6.45) is 0.226. The lowest BCUT2D eigenvalue weighted by Crippen LogP contribution is -2.32. The third kappa shape index (κ3) is 2.70. The van der Waals surface area contributed by atoms with Crippen LogP contribution in [0.4, 0.5) is 0 Å². The van der Waals surface area contributed by atoms with E-state index in [0.29, 0.717) is 5.02 Å². The Labute approximate surface area is 101 Å². The fraction of sp³-hybridized carbons (Fsp3) is 0.385. The summed E-state index contributed by atoms with van der Waals surface area (Å²) in [5, 5.41) is 0.623. The van der Waals surface area contributed by atoms with Crippen LogP contribution in [-0.2, 0) is 15.0 Å². The van der Waals surface area contributed by atoms with Crippen molar-refractivity contribution in [2.45, 2.75) is 32.6 Å². The molecule has 0 fully saturated rings. The van der Waals surface area contributed by atoms with Gasteiger partial charge in [-0.1, -0.05) is 23.7 Å². The van der Waals surface area contributed by atoms with E-state index in [4.69, 9.17) is 11.6 Å². The summed E-state index contributed by atoms with van der Waals surface area (Å²) in [6.45, 7) is 4.80. The molecule has 0 spiro atoms. The zero-order valence-corrected chi connectivity index (χ0v) is 10.5. The second-order valence-corrected chi connectivity index (χ2v) is 4.71. The molecule has 1 atom stereocenters. The minimum Gasteiger partial charge on any atom is -0.300 e. The summed E-state index contributed by atoms with van der Waals surface area (Å²) in [7, 11) is 0. The molecule has 0 aliphatic rings. The van der Waals surface area contributed by atoms with Crippen molar-refractivity contribution >= 4 is 23.2 Å². The van der Waals surface area contributed by atoms with Crippen molar-refractivity contribution in [2.75, 3.05) is 0 Å². The molecule has 0 radical (unpaired) electrons. The second-order valence-electron chi connectivity index (χ2n) is 4.27. The van der Waals surface area contributed by atoms with E-state index in [-0.39, 0.29) is 18.0 Å². The molecule has 0 aromatic heterocycles. The van der Waals surface area contributed by atoms with Crippen molar-refractivity contribution in [3.8, 4) is 0 Å². The van der Waals surface area contributed by atoms with Crippen molar-refractivity contribution in [2.24, 2.45) is 0 Å². The molecule has 0 saturated heterocycles. The van der Waals surface area contributed by atoms with Gasteiger partial charge < -0.3 is 0 Å². The lowest BCUT2D eigenvalue weighted by molar-refractivity contribution is -0.127. The Hall–Kier alpha value is -1.15. The van der Waals surface area contributed by atoms with Crippen LogP contribution in [0.5, 0.6) is 0 Å². The van der Waals surface area contributed by atoms with E-state index in [1.165, 1.54) is 13.8 Å². The fourth-order valence-corrected chi connectivity index (χ4v) is 1.87. The third-order valence-corrected chi connectivity index (χ3v) is 3.11. The zero-order valence-electron chi connectivity index (χ0n) is 9.71. The number of Topliss-reactive ketones (excluding diaryl/α,β-unsaturated/α-hetero) is 2. The molecule has 0 amide bonds. The summed E-state index contributed by atoms with van der Waals surface area (Å²) in [5.41, 5.74) is 0.0933. The number of rotatable bonds is 4. The third-order valence-electron chi connectivity index (χ3n) is 2.86. The molecule has 86 valence electrons. The molecule has 0 unspecified atom stereocenters. The SMILES string of the molecule is CC(=O)C[C@@](C)(C(C)=O)c1ccc(Cl)cc1. The van der Waals surface area contributed by atoms with Gasteiger partial charge in [-0.25, -0.2) is 0 Å². The number of carbonyl (C=O) groups excluding carboxylic acids is 2. The molecule has 16 heavy (non-hydrogen) atoms. The Morgan fingerprint density at radius 1 is 1.19 bits per heavy atom. The molecule has 2 nitrogen and oxygen atoms in total. The predicted octanol–water partition coefficient (Wildman–Crippen LogP) is 3.17. The molecular weight excluding hydrogens is 224 g/mol. The average Bonchev–Trinajstić information content (AvgIpc) is 2.17. The minimum atomic E-state index is -0.740. The quantitative estimate of drug-likeness (QED) is 0.808. The maximum Gasteiger partial charge on any atom is 0.140 e. The van der Waals surface area contributed by atoms with Gasteiger partial charge in [0.2, 0.25) is 0 Å². The summed E-state index contributed by atoms with van der Waals surface area (Å²) in [6, 6.07) is 7.07. The molecule has 1 aromatic rings. The van der Waals surface area contributed by atoms with Crippen LogP contribution in [0.3, 0.4) is 0 Å². The van der Waals surface area contributed by atoms with E-state index in [2.05, 4.69) is 0 Å². The number of carbonyl (C=O) groups is 2. The van der Waals surface area contributed by atoms with Crippen LogP contribution in [0.25, 0.3) is 0 Å². The van der Waals surface area contributed by atoms with Crippen molar-refractivity contribution < 1.29 is 9.59 Å². The highest BCUT2D eigenvalue weighted by molar-refractivity contribution is 6.30. The molecule has 3 heteroatoms. The summed E-state index contributed by atoms with van der Waals surface area (Å²) < 4.78 is 0. The highest BCUT2D eigenvalue weighted by Gasteiger charge is 2.33. The molecule has 1 aromatic carbocycles. The Morgan fingerprint density at radius 3 is 2.06 bits per heavy atom. The molecule has 0 heterocycles. The minimum absolute atomic E-state index is 0.00708. The Kier molecular flexibility index (Phi) is 3.87. The molecule has 1 rings (SSSR count). The summed E-state index contributed by atoms with van der Waals surface area (Å²) in [5.74, 6) is -0.00216. The van der Waals surface area contributed by atoms with Crippen LogP contribution in [0, 0.1) is 0 Å². The van der Waals surface area contributed by atoms with Crippen molar-refractivity contribution in [3.63, 3.8) is 0 Å². The summed E-state index contributed by atoms with van der Waals surface area (Å²) >= 11 is 5.80. The maximum absolute atomic E-state index is 11.7. The second kappa shape index (κ2) is 4.79. The molecule has 0 aliphatic heterocycles. The van der Waals surface area contributed by atoms with Crippen molar-refractivity contribution in [1.82, 2.24) is 0 Å². The van der Waals surface area contributed by atoms with Crippen LogP contribution in [0.2, 0.25) is 5.02 Å². The van der Waals surface area contributed by atoms with Crippen molar-refractivity contribution in [1.29, 1.82) is 0 Å². The van der Waals surface area contributed by atoms with Crippen LogP contribution in [-0.4, -0.2) is 11.6 Å². The summed E-state index contributed by atoms with van der Waals surface area (Å²) in [4.78, 5) is 22.9. The van der Waals surface area contributed by atoms with Crippen molar-refractivity contribution in [3.05, 3.63) is 34.9 Å². The number of ketones is 2. The van der Waals surface area contributed by atoms with Gasteiger partial charge in [-0.3, -0.25) is 9.59 Å². The monoisotopic (exact) mass is 238 g/mol. The highest BCUT2D eigenvalue weighted by Crippen LogP contribution is 2.30. The maximum atomic E-state index is 11.7. The first kappa shape index (κ1) is 12.9. The number of halogens is 1. The standard InChI is InChI=1S/C13H15ClO2/c1-9(15)8-13(3,10(2)16)11-4-6-12(14)7-5-11/h4-7H,8H2,1-3H3/t13-/m0/s1. The number of benzene rings is 1. The van der Waals surface area contributed by atoms with E-state index in [9.17, 15) is 9.59 Å². The van der Waals surface area contributed by atoms with Gasteiger partial charge in [0, 0.05) is 11.4 Å². The van der Waals surface area contributed by atoms with Gasteiger partial charge in [0.25, 0.3) is 0 Å². The predicted molar refractivity (Wildman–Crippen MR) is 64.8 cm³/mol. The Bertz CT molecular complexity index is 408. The van der Waals surface area contributed by atoms with E-state index in [0.717, 1.165) is 5.56 Å². The Morgan fingerprint density at radius 2 is 1.69 bits per heavy atom.